The van der Waals surface area contributed by atoms with Crippen LogP contribution < -0.4 is 14.8 Å². The second kappa shape index (κ2) is 10.2. The number of tetrazole rings is 1. The summed E-state index contributed by atoms with van der Waals surface area (Å²) in [4.78, 5) is 12.4. The summed E-state index contributed by atoms with van der Waals surface area (Å²) >= 11 is 0. The zero-order valence-corrected chi connectivity index (χ0v) is 16.7. The number of aromatic nitrogens is 4. The number of hydrogen-bond acceptors (Lipinski definition) is 6. The molecule has 0 saturated heterocycles. The number of nitrogens with zero attached hydrogens (tertiary/aromatic N) is 4. The summed E-state index contributed by atoms with van der Waals surface area (Å²) in [6.07, 6.45) is 2.09. The van der Waals surface area contributed by atoms with Crippen LogP contribution in [0, 0.1) is 0 Å². The lowest BCUT2D eigenvalue weighted by molar-refractivity contribution is 0.0949. The molecule has 0 aliphatic rings. The molecule has 1 heterocycles. The summed E-state index contributed by atoms with van der Waals surface area (Å²) in [6, 6.07) is 14.5. The third kappa shape index (κ3) is 5.54. The van der Waals surface area contributed by atoms with E-state index in [1.807, 2.05) is 31.2 Å². The highest BCUT2D eigenvalue weighted by Gasteiger charge is 2.11. The molecular weight excluding hydrogens is 370 g/mol. The fourth-order valence-corrected chi connectivity index (χ4v) is 2.67. The van der Waals surface area contributed by atoms with Crippen LogP contribution in [0.15, 0.2) is 48.5 Å². The first kappa shape index (κ1) is 20.3. The predicted molar refractivity (Wildman–Crippen MR) is 108 cm³/mol. The van der Waals surface area contributed by atoms with Gasteiger partial charge >= 0.3 is 0 Å². The van der Waals surface area contributed by atoms with Crippen LogP contribution in [0.2, 0.25) is 0 Å². The van der Waals surface area contributed by atoms with E-state index in [1.165, 1.54) is 0 Å². The van der Waals surface area contributed by atoms with Gasteiger partial charge < -0.3 is 14.8 Å². The number of carbonyl (C=O) groups excluding carboxylic acids is 1. The van der Waals surface area contributed by atoms with E-state index in [0.29, 0.717) is 24.6 Å². The van der Waals surface area contributed by atoms with Crippen molar-refractivity contribution in [1.29, 1.82) is 0 Å². The van der Waals surface area contributed by atoms with Gasteiger partial charge in [0.25, 0.3) is 5.91 Å². The Morgan fingerprint density at radius 2 is 1.69 bits per heavy atom. The van der Waals surface area contributed by atoms with E-state index >= 15 is 0 Å². The van der Waals surface area contributed by atoms with Gasteiger partial charge in [-0.25, -0.2) is 0 Å². The molecule has 0 spiro atoms. The summed E-state index contributed by atoms with van der Waals surface area (Å²) in [5, 5.41) is 14.6. The molecular formula is C21H25N5O3. The minimum absolute atomic E-state index is 0.202. The van der Waals surface area contributed by atoms with Crippen molar-refractivity contribution in [3.05, 3.63) is 59.9 Å². The van der Waals surface area contributed by atoms with Crippen molar-refractivity contribution in [2.45, 2.75) is 33.2 Å². The summed E-state index contributed by atoms with van der Waals surface area (Å²) in [5.41, 5.74) is 1.34. The molecule has 1 N–H and O–H groups in total. The Balaban J connectivity index is 1.59. The van der Waals surface area contributed by atoms with Gasteiger partial charge in [-0.2, -0.15) is 4.68 Å². The highest BCUT2D eigenvalue weighted by molar-refractivity contribution is 5.94. The van der Waals surface area contributed by atoms with Crippen LogP contribution in [0.5, 0.6) is 11.5 Å². The lowest BCUT2D eigenvalue weighted by Crippen LogP contribution is -2.24. The largest absolute Gasteiger partial charge is 0.494 e. The number of rotatable bonds is 10. The lowest BCUT2D eigenvalue weighted by atomic mass is 10.2. The second-order valence-electron chi connectivity index (χ2n) is 6.34. The molecule has 0 bridgehead atoms. The zero-order chi connectivity index (χ0) is 20.5. The summed E-state index contributed by atoms with van der Waals surface area (Å²) < 4.78 is 12.6. The fraction of sp³-hybridized carbons (Fsp3) is 0.333. The molecule has 1 amide bonds. The number of nitrogens with one attached hydrogen (secondary N) is 1. The highest BCUT2D eigenvalue weighted by atomic mass is 16.5. The lowest BCUT2D eigenvalue weighted by Gasteiger charge is -2.09. The Labute approximate surface area is 169 Å². The van der Waals surface area contributed by atoms with E-state index in [4.69, 9.17) is 9.47 Å². The van der Waals surface area contributed by atoms with Gasteiger partial charge in [0.05, 0.1) is 25.4 Å². The average molecular weight is 395 g/mol. The minimum atomic E-state index is -0.202. The SMILES string of the molecule is CCCCOc1ccc(C(=O)NCc2nnnn2-c2ccc(OCC)cc2)cc1. The van der Waals surface area contributed by atoms with E-state index < -0.39 is 0 Å². The third-order valence-electron chi connectivity index (χ3n) is 4.22. The topological polar surface area (TPSA) is 91.2 Å². The Morgan fingerprint density at radius 1 is 1.00 bits per heavy atom. The number of amides is 1. The number of carbonyl (C=O) groups is 1. The van der Waals surface area contributed by atoms with Gasteiger partial charge in [0, 0.05) is 5.56 Å². The Hall–Kier alpha value is -3.42. The molecule has 1 aromatic heterocycles. The van der Waals surface area contributed by atoms with E-state index in [2.05, 4.69) is 27.8 Å². The Bertz CT molecular complexity index is 907. The van der Waals surface area contributed by atoms with Crippen LogP contribution >= 0.6 is 0 Å². The number of ether oxygens (including phenoxy) is 2. The maximum Gasteiger partial charge on any atom is 0.251 e. The van der Waals surface area contributed by atoms with E-state index in [9.17, 15) is 4.79 Å². The molecule has 8 heteroatoms. The van der Waals surface area contributed by atoms with E-state index in [1.54, 1.807) is 28.9 Å². The maximum atomic E-state index is 12.4. The maximum absolute atomic E-state index is 12.4. The summed E-state index contributed by atoms with van der Waals surface area (Å²) in [6.45, 7) is 5.53. The molecule has 152 valence electrons. The third-order valence-corrected chi connectivity index (χ3v) is 4.22. The molecule has 0 unspecified atom stereocenters. The van der Waals surface area contributed by atoms with Crippen LogP contribution in [-0.2, 0) is 6.54 Å². The Kier molecular flexibility index (Phi) is 7.16. The molecule has 29 heavy (non-hydrogen) atoms. The van der Waals surface area contributed by atoms with Crippen LogP contribution in [0.3, 0.4) is 0 Å². The van der Waals surface area contributed by atoms with Crippen molar-refractivity contribution in [3.63, 3.8) is 0 Å². The first-order valence-electron chi connectivity index (χ1n) is 9.72. The van der Waals surface area contributed by atoms with Gasteiger partial charge in [0.1, 0.15) is 11.5 Å². The first-order valence-corrected chi connectivity index (χ1v) is 9.72. The number of benzene rings is 2. The molecule has 0 aliphatic carbocycles. The van der Waals surface area contributed by atoms with Gasteiger partial charge in [0.15, 0.2) is 5.82 Å². The molecule has 0 fully saturated rings. The van der Waals surface area contributed by atoms with Crippen molar-refractivity contribution in [1.82, 2.24) is 25.5 Å². The molecule has 0 aliphatic heterocycles. The predicted octanol–water partition coefficient (Wildman–Crippen LogP) is 3.17. The summed E-state index contributed by atoms with van der Waals surface area (Å²) in [7, 11) is 0. The molecule has 2 aromatic carbocycles. The second-order valence-corrected chi connectivity index (χ2v) is 6.34. The van der Waals surface area contributed by atoms with Gasteiger partial charge in [-0.1, -0.05) is 13.3 Å². The monoisotopic (exact) mass is 395 g/mol. The zero-order valence-electron chi connectivity index (χ0n) is 16.7. The molecule has 3 rings (SSSR count). The van der Waals surface area contributed by atoms with Gasteiger partial charge in [-0.15, -0.1) is 5.10 Å². The van der Waals surface area contributed by atoms with Crippen LogP contribution in [0.25, 0.3) is 5.69 Å². The smallest absolute Gasteiger partial charge is 0.251 e. The van der Waals surface area contributed by atoms with Crippen LogP contribution in [0.4, 0.5) is 0 Å². The van der Waals surface area contributed by atoms with Gasteiger partial charge in [0.2, 0.25) is 0 Å². The quantitative estimate of drug-likeness (QED) is 0.530. The van der Waals surface area contributed by atoms with Crippen molar-refractivity contribution in [2.24, 2.45) is 0 Å². The van der Waals surface area contributed by atoms with Gasteiger partial charge in [-0.05, 0) is 72.3 Å². The molecule has 8 nitrogen and oxygen atoms in total. The molecule has 3 aromatic rings. The molecule has 0 radical (unpaired) electrons. The Morgan fingerprint density at radius 3 is 2.38 bits per heavy atom. The van der Waals surface area contributed by atoms with Crippen molar-refractivity contribution >= 4 is 5.91 Å². The first-order chi connectivity index (χ1) is 14.2. The van der Waals surface area contributed by atoms with Crippen LogP contribution in [-0.4, -0.2) is 39.3 Å². The standard InChI is InChI=1S/C21H25N5O3/c1-3-5-14-29-19-10-6-16(7-11-19)21(27)22-15-20-23-24-25-26(20)17-8-12-18(13-9-17)28-4-2/h6-13H,3-5,14-15H2,1-2H3,(H,22,27). The molecule has 0 atom stereocenters. The van der Waals surface area contributed by atoms with Crippen molar-refractivity contribution < 1.29 is 14.3 Å². The average Bonchev–Trinajstić information content (AvgIpc) is 3.22. The normalized spacial score (nSPS) is 10.6. The number of unbranched alkanes of at least 4 members (excludes halogenated alkanes) is 1. The summed E-state index contributed by atoms with van der Waals surface area (Å²) in [5.74, 6) is 1.86. The minimum Gasteiger partial charge on any atom is -0.494 e. The number of hydrogen-bond donors (Lipinski definition) is 1. The van der Waals surface area contributed by atoms with Crippen molar-refractivity contribution in [3.8, 4) is 17.2 Å². The molecule has 0 saturated carbocycles. The van der Waals surface area contributed by atoms with Crippen molar-refractivity contribution in [2.75, 3.05) is 13.2 Å². The van der Waals surface area contributed by atoms with E-state index in [-0.39, 0.29) is 12.5 Å². The highest BCUT2D eigenvalue weighted by Crippen LogP contribution is 2.16. The fourth-order valence-electron chi connectivity index (χ4n) is 2.67. The van der Waals surface area contributed by atoms with Gasteiger partial charge in [-0.3, -0.25) is 4.79 Å². The van der Waals surface area contributed by atoms with Crippen LogP contribution in [0.1, 0.15) is 42.9 Å². The van der Waals surface area contributed by atoms with E-state index in [0.717, 1.165) is 30.0 Å².